The van der Waals surface area contributed by atoms with E-state index >= 15 is 0 Å². The van der Waals surface area contributed by atoms with Gasteiger partial charge in [-0.1, -0.05) is 59.8 Å². The van der Waals surface area contributed by atoms with Crippen LogP contribution < -0.4 is 5.56 Å². The van der Waals surface area contributed by atoms with Crippen LogP contribution in [0.3, 0.4) is 0 Å². The molecule has 4 nitrogen and oxygen atoms in total. The lowest BCUT2D eigenvalue weighted by atomic mass is 10.1. The van der Waals surface area contributed by atoms with Crippen molar-refractivity contribution in [1.29, 1.82) is 0 Å². The van der Waals surface area contributed by atoms with E-state index in [1.54, 1.807) is 28.7 Å². The number of pyridine rings is 1. The minimum absolute atomic E-state index is 0.0122. The van der Waals surface area contributed by atoms with Crippen molar-refractivity contribution in [3.63, 3.8) is 0 Å². The average Bonchev–Trinajstić information content (AvgIpc) is 3.15. The van der Waals surface area contributed by atoms with Gasteiger partial charge in [0.25, 0.3) is 5.56 Å². The molecule has 3 heterocycles. The summed E-state index contributed by atoms with van der Waals surface area (Å²) in [6.45, 7) is 4.69. The fraction of sp³-hybridized carbons (Fsp3) is 0.160. The van der Waals surface area contributed by atoms with E-state index < -0.39 is 0 Å². The molecule has 0 aliphatic carbocycles. The lowest BCUT2D eigenvalue weighted by molar-refractivity contribution is 0.658. The van der Waals surface area contributed by atoms with Gasteiger partial charge in [-0.05, 0) is 42.7 Å². The van der Waals surface area contributed by atoms with Crippen molar-refractivity contribution in [3.8, 4) is 0 Å². The summed E-state index contributed by atoms with van der Waals surface area (Å²) in [5, 5.41) is 1.78. The highest BCUT2D eigenvalue weighted by molar-refractivity contribution is 7.98. The molecule has 0 radical (unpaired) electrons. The van der Waals surface area contributed by atoms with E-state index in [9.17, 15) is 4.79 Å². The molecule has 5 rings (SSSR count). The maximum absolute atomic E-state index is 13.5. The lowest BCUT2D eigenvalue weighted by Gasteiger charge is -2.13. The van der Waals surface area contributed by atoms with Crippen LogP contribution >= 0.6 is 23.1 Å². The van der Waals surface area contributed by atoms with Crippen molar-refractivity contribution in [3.05, 3.63) is 99.6 Å². The lowest BCUT2D eigenvalue weighted by Crippen LogP contribution is -2.23. The van der Waals surface area contributed by atoms with Crippen LogP contribution in [0.15, 0.2) is 76.9 Å². The molecule has 0 N–H and O–H groups in total. The first-order valence-corrected chi connectivity index (χ1v) is 11.9. The number of hydrogen-bond acceptors (Lipinski definition) is 5. The SMILES string of the molecule is Cc1ccc(CSc2nc3c(sc4ccccc43)c(=O)n2Cc2cccnc2)c(C)c1. The summed E-state index contributed by atoms with van der Waals surface area (Å²) in [6, 6.07) is 18.5. The van der Waals surface area contributed by atoms with Gasteiger partial charge in [0, 0.05) is 28.2 Å². The fourth-order valence-electron chi connectivity index (χ4n) is 3.73. The third kappa shape index (κ3) is 3.89. The molecular formula is C25H21N3OS2. The van der Waals surface area contributed by atoms with Crippen LogP contribution in [-0.4, -0.2) is 14.5 Å². The van der Waals surface area contributed by atoms with E-state index in [1.807, 2.05) is 30.3 Å². The van der Waals surface area contributed by atoms with Crippen LogP contribution in [0.5, 0.6) is 0 Å². The number of thiophene rings is 1. The number of hydrogen-bond donors (Lipinski definition) is 0. The highest BCUT2D eigenvalue weighted by Gasteiger charge is 2.17. The van der Waals surface area contributed by atoms with Gasteiger partial charge in [0.15, 0.2) is 5.16 Å². The predicted octanol–water partition coefficient (Wildman–Crippen LogP) is 5.96. The molecule has 6 heteroatoms. The summed E-state index contributed by atoms with van der Waals surface area (Å²) in [6.07, 6.45) is 3.55. The number of thioether (sulfide) groups is 1. The minimum atomic E-state index is 0.0122. The Balaban J connectivity index is 1.63. The Labute approximate surface area is 188 Å². The Hall–Kier alpha value is -2.96. The number of benzene rings is 2. The topological polar surface area (TPSA) is 47.8 Å². The van der Waals surface area contributed by atoms with Crippen molar-refractivity contribution in [2.45, 2.75) is 31.3 Å². The molecule has 0 bridgehead atoms. The summed E-state index contributed by atoms with van der Waals surface area (Å²) in [4.78, 5) is 22.8. The minimum Gasteiger partial charge on any atom is -0.282 e. The van der Waals surface area contributed by atoms with Crippen LogP contribution in [-0.2, 0) is 12.3 Å². The van der Waals surface area contributed by atoms with Gasteiger partial charge in [0.2, 0.25) is 0 Å². The molecule has 0 aliphatic heterocycles. The van der Waals surface area contributed by atoms with E-state index in [-0.39, 0.29) is 5.56 Å². The Morgan fingerprint density at radius 1 is 1.06 bits per heavy atom. The first kappa shape index (κ1) is 20.0. The van der Waals surface area contributed by atoms with Gasteiger partial charge < -0.3 is 0 Å². The van der Waals surface area contributed by atoms with E-state index in [0.717, 1.165) is 32.1 Å². The van der Waals surface area contributed by atoms with Crippen molar-refractivity contribution in [2.24, 2.45) is 0 Å². The first-order valence-electron chi connectivity index (χ1n) is 10.1. The van der Waals surface area contributed by atoms with Gasteiger partial charge in [-0.15, -0.1) is 11.3 Å². The average molecular weight is 444 g/mol. The van der Waals surface area contributed by atoms with Crippen molar-refractivity contribution >= 4 is 43.4 Å². The van der Waals surface area contributed by atoms with Gasteiger partial charge in [-0.2, -0.15) is 0 Å². The van der Waals surface area contributed by atoms with E-state index in [4.69, 9.17) is 4.98 Å². The number of aryl methyl sites for hydroxylation is 2. The van der Waals surface area contributed by atoms with Crippen LogP contribution in [0.25, 0.3) is 20.3 Å². The molecule has 0 amide bonds. The number of aromatic nitrogens is 3. The maximum Gasteiger partial charge on any atom is 0.272 e. The summed E-state index contributed by atoms with van der Waals surface area (Å²) in [5.74, 6) is 0.763. The highest BCUT2D eigenvalue weighted by Crippen LogP contribution is 2.32. The van der Waals surface area contributed by atoms with Crippen LogP contribution in [0.2, 0.25) is 0 Å². The van der Waals surface area contributed by atoms with Gasteiger partial charge in [-0.25, -0.2) is 4.98 Å². The molecule has 0 saturated carbocycles. The van der Waals surface area contributed by atoms with E-state index in [0.29, 0.717) is 11.2 Å². The van der Waals surface area contributed by atoms with Crippen molar-refractivity contribution in [1.82, 2.24) is 14.5 Å². The summed E-state index contributed by atoms with van der Waals surface area (Å²) in [5.41, 5.74) is 5.57. The standard InChI is InChI=1S/C25H21N3OS2/c1-16-9-10-19(17(2)12-16)15-30-25-27-22-20-7-3-4-8-21(20)31-23(22)24(29)28(25)14-18-6-5-11-26-13-18/h3-13H,14-15H2,1-2H3. The molecule has 3 aromatic heterocycles. The molecule has 0 fully saturated rings. The third-order valence-electron chi connectivity index (χ3n) is 5.37. The molecule has 0 saturated heterocycles. The van der Waals surface area contributed by atoms with Crippen LogP contribution in [0, 0.1) is 13.8 Å². The first-order chi connectivity index (χ1) is 15.1. The normalized spacial score (nSPS) is 11.4. The maximum atomic E-state index is 13.5. The zero-order chi connectivity index (χ0) is 21.4. The second-order valence-corrected chi connectivity index (χ2v) is 9.64. The Morgan fingerprint density at radius 2 is 1.94 bits per heavy atom. The second kappa shape index (κ2) is 8.29. The molecule has 5 aromatic rings. The van der Waals surface area contributed by atoms with Crippen LogP contribution in [0.1, 0.15) is 22.3 Å². The zero-order valence-electron chi connectivity index (χ0n) is 17.3. The quantitative estimate of drug-likeness (QED) is 0.248. The largest absolute Gasteiger partial charge is 0.282 e. The highest BCUT2D eigenvalue weighted by atomic mass is 32.2. The van der Waals surface area contributed by atoms with Crippen LogP contribution in [0.4, 0.5) is 0 Å². The van der Waals surface area contributed by atoms with Crippen molar-refractivity contribution < 1.29 is 0 Å². The summed E-state index contributed by atoms with van der Waals surface area (Å²) >= 11 is 3.14. The molecule has 0 aliphatic rings. The Bertz CT molecular complexity index is 1450. The van der Waals surface area contributed by atoms with E-state index in [1.165, 1.54) is 28.0 Å². The summed E-state index contributed by atoms with van der Waals surface area (Å²) < 4.78 is 3.59. The number of nitrogens with zero attached hydrogens (tertiary/aromatic N) is 3. The molecule has 2 aromatic carbocycles. The zero-order valence-corrected chi connectivity index (χ0v) is 19.0. The molecular weight excluding hydrogens is 422 g/mol. The fourth-order valence-corrected chi connectivity index (χ4v) is 5.89. The molecule has 31 heavy (non-hydrogen) atoms. The number of rotatable bonds is 5. The van der Waals surface area contributed by atoms with Gasteiger partial charge in [-0.3, -0.25) is 14.3 Å². The predicted molar refractivity (Wildman–Crippen MR) is 130 cm³/mol. The molecule has 0 atom stereocenters. The second-order valence-electron chi connectivity index (χ2n) is 7.64. The van der Waals surface area contributed by atoms with Gasteiger partial charge >= 0.3 is 0 Å². The Morgan fingerprint density at radius 3 is 2.74 bits per heavy atom. The third-order valence-corrected chi connectivity index (χ3v) is 7.54. The molecule has 0 unspecified atom stereocenters. The monoisotopic (exact) mass is 443 g/mol. The Kier molecular flexibility index (Phi) is 5.34. The smallest absolute Gasteiger partial charge is 0.272 e. The van der Waals surface area contributed by atoms with Gasteiger partial charge in [0.05, 0.1) is 12.1 Å². The number of fused-ring (bicyclic) bond motifs is 3. The molecule has 154 valence electrons. The van der Waals surface area contributed by atoms with E-state index in [2.05, 4.69) is 43.1 Å². The van der Waals surface area contributed by atoms with Gasteiger partial charge in [0.1, 0.15) is 4.70 Å². The summed E-state index contributed by atoms with van der Waals surface area (Å²) in [7, 11) is 0. The van der Waals surface area contributed by atoms with Crippen molar-refractivity contribution in [2.75, 3.05) is 0 Å². The molecule has 0 spiro atoms.